The summed E-state index contributed by atoms with van der Waals surface area (Å²) in [6.45, 7) is 1.75. The van der Waals surface area contributed by atoms with Crippen molar-refractivity contribution < 1.29 is 18.8 Å². The first-order valence-electron chi connectivity index (χ1n) is 10.6. The van der Waals surface area contributed by atoms with Crippen molar-refractivity contribution in [1.29, 1.82) is 0 Å². The third-order valence-electron chi connectivity index (χ3n) is 5.62. The monoisotopic (exact) mass is 500 g/mol. The molecule has 10 nitrogen and oxygen atoms in total. The maximum Gasteiger partial charge on any atom is 0.260 e. The van der Waals surface area contributed by atoms with Crippen molar-refractivity contribution in [3.05, 3.63) is 42.6 Å². The van der Waals surface area contributed by atoms with Gasteiger partial charge in [-0.3, -0.25) is 10.0 Å². The van der Waals surface area contributed by atoms with Crippen molar-refractivity contribution in [3.63, 3.8) is 0 Å². The van der Waals surface area contributed by atoms with Gasteiger partial charge >= 0.3 is 0 Å². The molecule has 5 rings (SSSR count). The lowest BCUT2D eigenvalue weighted by Gasteiger charge is -2.19. The number of aryl methyl sites for hydroxylation is 2. The Morgan fingerprint density at radius 2 is 2.09 bits per heavy atom. The summed E-state index contributed by atoms with van der Waals surface area (Å²) in [5.74, 6) is -4.44. The Balaban J connectivity index is 1.52. The number of halogens is 2. The van der Waals surface area contributed by atoms with Gasteiger partial charge < -0.3 is 20.2 Å². The molecular weight excluding hydrogens is 478 g/mol. The number of imidazole rings is 2. The van der Waals surface area contributed by atoms with Crippen LogP contribution in [0.4, 0.5) is 31.7 Å². The summed E-state index contributed by atoms with van der Waals surface area (Å²) in [6.07, 6.45) is 4.81. The number of alkyl halides is 2. The lowest BCUT2D eigenvalue weighted by Crippen LogP contribution is -2.18. The van der Waals surface area contributed by atoms with Gasteiger partial charge in [-0.1, -0.05) is 6.07 Å². The quantitative estimate of drug-likeness (QED) is 0.216. The molecule has 13 heteroatoms. The van der Waals surface area contributed by atoms with E-state index in [1.807, 2.05) is 23.9 Å². The highest BCUT2D eigenvalue weighted by Gasteiger charge is 2.61. The SMILES string of the molecule is CSN(O)c1cc(-c2cn(C)cn2)ccc1Nc1cc(NC(=O)C2CC2(F)F)nc2nc(C)[nH]c12. The lowest BCUT2D eigenvalue weighted by atomic mass is 10.1. The molecule has 0 bridgehead atoms. The van der Waals surface area contributed by atoms with E-state index in [1.165, 1.54) is 6.07 Å². The number of aromatic nitrogens is 5. The molecule has 3 aromatic heterocycles. The van der Waals surface area contributed by atoms with Crippen molar-refractivity contribution in [2.24, 2.45) is 13.0 Å². The average molecular weight is 501 g/mol. The van der Waals surface area contributed by atoms with Gasteiger partial charge in [-0.15, -0.1) is 0 Å². The summed E-state index contributed by atoms with van der Waals surface area (Å²) in [5, 5.41) is 16.3. The van der Waals surface area contributed by atoms with Gasteiger partial charge in [-0.2, -0.15) is 4.47 Å². The summed E-state index contributed by atoms with van der Waals surface area (Å²) < 4.78 is 29.5. The molecule has 1 aliphatic rings. The maximum absolute atomic E-state index is 13.3. The fourth-order valence-corrected chi connectivity index (χ4v) is 4.09. The second-order valence-corrected chi connectivity index (χ2v) is 9.03. The molecule has 1 aliphatic carbocycles. The summed E-state index contributed by atoms with van der Waals surface area (Å²) in [4.78, 5) is 28.3. The molecule has 1 fully saturated rings. The molecule has 1 aromatic carbocycles. The van der Waals surface area contributed by atoms with E-state index in [-0.39, 0.29) is 5.82 Å². The number of fused-ring (bicyclic) bond motifs is 1. The van der Waals surface area contributed by atoms with E-state index >= 15 is 0 Å². The highest BCUT2D eigenvalue weighted by Crippen LogP contribution is 2.49. The van der Waals surface area contributed by atoms with Crippen molar-refractivity contribution in [1.82, 2.24) is 24.5 Å². The largest absolute Gasteiger partial charge is 0.352 e. The molecule has 1 amide bonds. The van der Waals surface area contributed by atoms with Crippen LogP contribution >= 0.6 is 11.9 Å². The van der Waals surface area contributed by atoms with Crippen molar-refractivity contribution in [2.45, 2.75) is 19.3 Å². The normalized spacial score (nSPS) is 16.3. The topological polar surface area (TPSA) is 124 Å². The van der Waals surface area contributed by atoms with Crippen LogP contribution < -0.4 is 15.1 Å². The van der Waals surface area contributed by atoms with Gasteiger partial charge in [0.2, 0.25) is 5.91 Å². The van der Waals surface area contributed by atoms with E-state index in [2.05, 4.69) is 30.6 Å². The zero-order valence-electron chi connectivity index (χ0n) is 19.0. The van der Waals surface area contributed by atoms with E-state index in [0.29, 0.717) is 34.1 Å². The predicted molar refractivity (Wildman–Crippen MR) is 130 cm³/mol. The van der Waals surface area contributed by atoms with Crippen LogP contribution in [0.15, 0.2) is 36.8 Å². The van der Waals surface area contributed by atoms with E-state index in [1.54, 1.807) is 31.6 Å². The Hall–Kier alpha value is -3.71. The van der Waals surface area contributed by atoms with Crippen LogP contribution in [0.2, 0.25) is 0 Å². The van der Waals surface area contributed by atoms with Crippen LogP contribution in [0.1, 0.15) is 12.2 Å². The van der Waals surface area contributed by atoms with Crippen molar-refractivity contribution in [2.75, 3.05) is 21.4 Å². The molecule has 0 radical (unpaired) electrons. The van der Waals surface area contributed by atoms with Gasteiger partial charge in [0, 0.05) is 37.6 Å². The molecule has 35 heavy (non-hydrogen) atoms. The minimum absolute atomic E-state index is 0.0941. The van der Waals surface area contributed by atoms with Crippen LogP contribution in [0.5, 0.6) is 0 Å². The molecule has 0 aliphatic heterocycles. The number of hydrogen-bond acceptors (Lipinski definition) is 8. The van der Waals surface area contributed by atoms with Gasteiger partial charge in [-0.25, -0.2) is 23.7 Å². The number of nitrogens with zero attached hydrogens (tertiary/aromatic N) is 5. The molecule has 4 N–H and O–H groups in total. The second-order valence-electron chi connectivity index (χ2n) is 8.32. The fraction of sp³-hybridized carbons (Fsp3) is 0.273. The number of hydrogen-bond donors (Lipinski definition) is 4. The molecule has 182 valence electrons. The highest BCUT2D eigenvalue weighted by molar-refractivity contribution is 7.99. The Bertz CT molecular complexity index is 1440. The predicted octanol–water partition coefficient (Wildman–Crippen LogP) is 4.48. The molecule has 0 saturated heterocycles. The summed E-state index contributed by atoms with van der Waals surface area (Å²) in [5.41, 5.74) is 3.92. The molecule has 1 saturated carbocycles. The summed E-state index contributed by atoms with van der Waals surface area (Å²) in [7, 11) is 1.87. The first kappa shape index (κ1) is 23.1. The number of anilines is 4. The Morgan fingerprint density at radius 1 is 1.31 bits per heavy atom. The molecule has 4 aromatic rings. The molecule has 0 spiro atoms. The molecular formula is C22H22F2N8O2S. The fourth-order valence-electron chi connectivity index (χ4n) is 3.74. The average Bonchev–Trinajstić information content (AvgIpc) is 3.10. The lowest BCUT2D eigenvalue weighted by molar-refractivity contribution is -0.119. The number of nitrogens with one attached hydrogen (secondary N) is 3. The minimum Gasteiger partial charge on any atom is -0.352 e. The second kappa shape index (κ2) is 8.50. The van der Waals surface area contributed by atoms with Gasteiger partial charge in [-0.05, 0) is 31.0 Å². The molecule has 3 heterocycles. The number of pyridine rings is 1. The summed E-state index contributed by atoms with van der Waals surface area (Å²) in [6, 6.07) is 6.97. The van der Waals surface area contributed by atoms with Gasteiger partial charge in [0.05, 0.1) is 23.4 Å². The zero-order chi connectivity index (χ0) is 24.9. The smallest absolute Gasteiger partial charge is 0.260 e. The van der Waals surface area contributed by atoms with E-state index in [4.69, 9.17) is 0 Å². The van der Waals surface area contributed by atoms with Crippen LogP contribution in [0.3, 0.4) is 0 Å². The summed E-state index contributed by atoms with van der Waals surface area (Å²) >= 11 is 1.10. The standard InChI is InChI=1S/C22H22F2N8O2S/c1-11-26-19-15(7-18(29-20(19)27-11)30-21(33)13-8-22(13,23)24)28-14-5-4-12(6-17(14)32(34)35-3)16-9-31(2)10-25-16/h4-7,9-10,13,34H,8H2,1-3H3,(H3,26,27,28,29,30,33). The number of rotatable bonds is 7. The van der Waals surface area contributed by atoms with Gasteiger partial charge in [0.25, 0.3) is 5.92 Å². The van der Waals surface area contributed by atoms with Crippen molar-refractivity contribution >= 4 is 51.9 Å². The third-order valence-corrected chi connectivity index (χ3v) is 6.16. The highest BCUT2D eigenvalue weighted by atomic mass is 32.2. The maximum atomic E-state index is 13.3. The van der Waals surface area contributed by atoms with Crippen LogP contribution in [0.25, 0.3) is 22.4 Å². The minimum atomic E-state index is -2.98. The Kier molecular flexibility index (Phi) is 5.60. The zero-order valence-corrected chi connectivity index (χ0v) is 19.8. The van der Waals surface area contributed by atoms with Crippen LogP contribution in [-0.4, -0.2) is 47.8 Å². The number of carbonyl (C=O) groups excluding carboxylic acids is 1. The Labute approximate surface area is 202 Å². The first-order valence-corrected chi connectivity index (χ1v) is 11.8. The number of amides is 1. The Morgan fingerprint density at radius 3 is 2.74 bits per heavy atom. The van der Waals surface area contributed by atoms with E-state index in [0.717, 1.165) is 27.7 Å². The number of aromatic amines is 1. The molecule has 1 unspecified atom stereocenters. The molecule has 1 atom stereocenters. The van der Waals surface area contributed by atoms with E-state index < -0.39 is 24.2 Å². The number of H-pyrrole nitrogens is 1. The van der Waals surface area contributed by atoms with Crippen molar-refractivity contribution in [3.8, 4) is 11.3 Å². The van der Waals surface area contributed by atoms with Gasteiger partial charge in [0.1, 0.15) is 28.8 Å². The first-order chi connectivity index (χ1) is 16.6. The van der Waals surface area contributed by atoms with Crippen LogP contribution in [-0.2, 0) is 11.8 Å². The number of carbonyl (C=O) groups is 1. The number of benzene rings is 1. The third kappa shape index (κ3) is 4.51. The van der Waals surface area contributed by atoms with Crippen LogP contribution in [0, 0.1) is 12.8 Å². The van der Waals surface area contributed by atoms with Gasteiger partial charge in [0.15, 0.2) is 5.65 Å². The van der Waals surface area contributed by atoms with E-state index in [9.17, 15) is 18.8 Å².